The fourth-order valence-electron chi connectivity index (χ4n) is 4.89. The average molecular weight is 507 g/mol. The normalized spacial score (nSPS) is 16.0. The molecule has 2 N–H and O–H groups in total. The SMILES string of the molecule is CCOC(=O)Cn1c(=O)n(Cc2cnc3cccnc3c2)c(=O)c2c1nc(N1CCCC(N)C1)n2CC. The summed E-state index contributed by atoms with van der Waals surface area (Å²) in [5.74, 6) is -0.0173. The van der Waals surface area contributed by atoms with Gasteiger partial charge in [0.05, 0.1) is 24.2 Å². The first kappa shape index (κ1) is 24.6. The van der Waals surface area contributed by atoms with Crippen molar-refractivity contribution in [3.8, 4) is 0 Å². The van der Waals surface area contributed by atoms with Crippen LogP contribution in [0.15, 0.2) is 40.2 Å². The lowest BCUT2D eigenvalue weighted by Gasteiger charge is -2.31. The highest BCUT2D eigenvalue weighted by atomic mass is 16.5. The average Bonchev–Trinajstić information content (AvgIpc) is 3.29. The second-order valence-electron chi connectivity index (χ2n) is 9.13. The number of rotatable bonds is 7. The lowest BCUT2D eigenvalue weighted by molar-refractivity contribution is -0.143. The van der Waals surface area contributed by atoms with Crippen molar-refractivity contribution in [2.45, 2.75) is 52.4 Å². The monoisotopic (exact) mass is 506 g/mol. The molecule has 1 saturated heterocycles. The third-order valence-corrected chi connectivity index (χ3v) is 6.59. The molecule has 0 spiro atoms. The number of anilines is 1. The lowest BCUT2D eigenvalue weighted by Crippen LogP contribution is -2.44. The van der Waals surface area contributed by atoms with Crippen molar-refractivity contribution in [2.24, 2.45) is 5.73 Å². The van der Waals surface area contributed by atoms with Crippen molar-refractivity contribution in [1.29, 1.82) is 0 Å². The first-order valence-electron chi connectivity index (χ1n) is 12.5. The maximum absolute atomic E-state index is 13.8. The van der Waals surface area contributed by atoms with Crippen LogP contribution in [0.5, 0.6) is 0 Å². The van der Waals surface area contributed by atoms with Crippen LogP contribution in [0.3, 0.4) is 0 Å². The number of hydrogen-bond acceptors (Lipinski definition) is 9. The van der Waals surface area contributed by atoms with Gasteiger partial charge in [-0.05, 0) is 50.5 Å². The van der Waals surface area contributed by atoms with Crippen LogP contribution in [-0.2, 0) is 29.2 Å². The molecule has 1 fully saturated rings. The van der Waals surface area contributed by atoms with Crippen molar-refractivity contribution in [3.63, 3.8) is 0 Å². The van der Waals surface area contributed by atoms with Gasteiger partial charge in [0.2, 0.25) is 5.95 Å². The number of pyridine rings is 2. The Hall–Kier alpha value is -4.06. The van der Waals surface area contributed by atoms with E-state index in [2.05, 4.69) is 9.97 Å². The van der Waals surface area contributed by atoms with E-state index in [1.165, 1.54) is 4.57 Å². The molecule has 4 aromatic heterocycles. The standard InChI is InChI=1S/C25H30N8O4/c1-3-31-21-22(29-24(31)30-10-6-7-17(26)14-30)32(15-20(34)37-4-2)25(36)33(23(21)35)13-16-11-19-18(28-12-16)8-5-9-27-19/h5,8-9,11-12,17H,3-4,6-7,10,13-15,26H2,1-2H3. The number of fused-ring (bicyclic) bond motifs is 2. The van der Waals surface area contributed by atoms with Crippen LogP contribution in [0.4, 0.5) is 5.95 Å². The molecule has 1 unspecified atom stereocenters. The number of carbonyl (C=O) groups excluding carboxylic acids is 1. The number of aryl methyl sites for hydroxylation is 1. The van der Waals surface area contributed by atoms with Gasteiger partial charge in [-0.15, -0.1) is 0 Å². The molecular weight excluding hydrogens is 476 g/mol. The number of ether oxygens (including phenoxy) is 1. The largest absolute Gasteiger partial charge is 0.465 e. The third-order valence-electron chi connectivity index (χ3n) is 6.59. The maximum Gasteiger partial charge on any atom is 0.333 e. The van der Waals surface area contributed by atoms with Crippen molar-refractivity contribution < 1.29 is 9.53 Å². The van der Waals surface area contributed by atoms with Crippen molar-refractivity contribution in [3.05, 3.63) is 57.0 Å². The molecule has 1 aliphatic heterocycles. The minimum Gasteiger partial charge on any atom is -0.465 e. The topological polar surface area (TPSA) is 143 Å². The molecule has 5 heterocycles. The van der Waals surface area contributed by atoms with E-state index < -0.39 is 17.2 Å². The van der Waals surface area contributed by atoms with E-state index in [-0.39, 0.29) is 36.9 Å². The van der Waals surface area contributed by atoms with Gasteiger partial charge < -0.3 is 19.9 Å². The van der Waals surface area contributed by atoms with Gasteiger partial charge in [0.25, 0.3) is 5.56 Å². The van der Waals surface area contributed by atoms with Gasteiger partial charge >= 0.3 is 11.7 Å². The van der Waals surface area contributed by atoms with Gasteiger partial charge in [0.15, 0.2) is 11.2 Å². The van der Waals surface area contributed by atoms with Crippen LogP contribution in [-0.4, -0.2) is 60.4 Å². The number of nitrogens with zero attached hydrogens (tertiary/aromatic N) is 7. The molecule has 194 valence electrons. The Morgan fingerprint density at radius 1 is 1.16 bits per heavy atom. The van der Waals surface area contributed by atoms with E-state index in [1.54, 1.807) is 36.0 Å². The summed E-state index contributed by atoms with van der Waals surface area (Å²) in [6, 6.07) is 5.42. The van der Waals surface area contributed by atoms with Crippen LogP contribution >= 0.6 is 0 Å². The molecule has 1 atom stereocenters. The zero-order valence-electron chi connectivity index (χ0n) is 21.0. The van der Waals surface area contributed by atoms with Crippen molar-refractivity contribution in [2.75, 3.05) is 24.6 Å². The second kappa shape index (κ2) is 10.1. The molecule has 0 amide bonds. The van der Waals surface area contributed by atoms with E-state index in [1.807, 2.05) is 17.9 Å². The quantitative estimate of drug-likeness (QED) is 0.361. The predicted molar refractivity (Wildman–Crippen MR) is 139 cm³/mol. The summed E-state index contributed by atoms with van der Waals surface area (Å²) >= 11 is 0. The Morgan fingerprint density at radius 3 is 2.76 bits per heavy atom. The second-order valence-corrected chi connectivity index (χ2v) is 9.13. The maximum atomic E-state index is 13.8. The summed E-state index contributed by atoms with van der Waals surface area (Å²) < 4.78 is 9.25. The predicted octanol–water partition coefficient (Wildman–Crippen LogP) is 0.862. The van der Waals surface area contributed by atoms with Gasteiger partial charge in [0.1, 0.15) is 6.54 Å². The number of aromatic nitrogens is 6. The van der Waals surface area contributed by atoms with Crippen LogP contribution in [0.1, 0.15) is 32.3 Å². The Kier molecular flexibility index (Phi) is 6.74. The summed E-state index contributed by atoms with van der Waals surface area (Å²) in [6.07, 6.45) is 5.09. The van der Waals surface area contributed by atoms with Crippen LogP contribution < -0.4 is 21.9 Å². The van der Waals surface area contributed by atoms with Gasteiger partial charge in [-0.25, -0.2) is 4.79 Å². The molecule has 0 bridgehead atoms. The summed E-state index contributed by atoms with van der Waals surface area (Å²) in [6.45, 7) is 5.17. The van der Waals surface area contributed by atoms with E-state index in [0.29, 0.717) is 35.6 Å². The molecule has 0 saturated carbocycles. The minimum atomic E-state index is -0.644. The molecule has 5 rings (SSSR count). The zero-order valence-corrected chi connectivity index (χ0v) is 21.0. The molecule has 1 aliphatic rings. The third kappa shape index (κ3) is 4.59. The molecule has 12 heteroatoms. The minimum absolute atomic E-state index is 0.00809. The first-order chi connectivity index (χ1) is 17.9. The number of piperidine rings is 1. The van der Waals surface area contributed by atoms with Crippen LogP contribution in [0.2, 0.25) is 0 Å². The van der Waals surface area contributed by atoms with Gasteiger partial charge in [-0.3, -0.25) is 28.7 Å². The number of esters is 1. The lowest BCUT2D eigenvalue weighted by atomic mass is 10.1. The van der Waals surface area contributed by atoms with Crippen LogP contribution in [0.25, 0.3) is 22.2 Å². The number of imidazole rings is 1. The summed E-state index contributed by atoms with van der Waals surface area (Å²) in [5.41, 5.74) is 7.50. The smallest absolute Gasteiger partial charge is 0.333 e. The number of nitrogens with two attached hydrogens (primary N) is 1. The number of hydrogen-bond donors (Lipinski definition) is 1. The fraction of sp³-hybridized carbons (Fsp3) is 0.440. The van der Waals surface area contributed by atoms with Crippen molar-refractivity contribution in [1.82, 2.24) is 28.7 Å². The van der Waals surface area contributed by atoms with E-state index in [0.717, 1.165) is 24.0 Å². The zero-order chi connectivity index (χ0) is 26.1. The highest BCUT2D eigenvalue weighted by molar-refractivity contribution is 5.78. The molecular formula is C25H30N8O4. The first-order valence-corrected chi connectivity index (χ1v) is 12.5. The van der Waals surface area contributed by atoms with Gasteiger partial charge in [-0.1, -0.05) is 0 Å². The summed E-state index contributed by atoms with van der Waals surface area (Å²) in [7, 11) is 0. The fourth-order valence-corrected chi connectivity index (χ4v) is 4.89. The van der Waals surface area contributed by atoms with Gasteiger partial charge in [0, 0.05) is 38.1 Å². The summed E-state index contributed by atoms with van der Waals surface area (Å²) in [5, 5.41) is 0. The molecule has 0 radical (unpaired) electrons. The molecule has 0 aliphatic carbocycles. The van der Waals surface area contributed by atoms with Gasteiger partial charge in [-0.2, -0.15) is 4.98 Å². The summed E-state index contributed by atoms with van der Waals surface area (Å²) in [4.78, 5) is 55.4. The van der Waals surface area contributed by atoms with E-state index in [4.69, 9.17) is 15.5 Å². The Balaban J connectivity index is 1.70. The van der Waals surface area contributed by atoms with E-state index in [9.17, 15) is 14.4 Å². The molecule has 12 nitrogen and oxygen atoms in total. The Morgan fingerprint density at radius 2 is 2.00 bits per heavy atom. The Labute approximate surface area is 212 Å². The highest BCUT2D eigenvalue weighted by Crippen LogP contribution is 2.23. The van der Waals surface area contributed by atoms with Crippen LogP contribution in [0, 0.1) is 0 Å². The number of carbonyl (C=O) groups is 1. The Bertz CT molecular complexity index is 1590. The van der Waals surface area contributed by atoms with E-state index >= 15 is 0 Å². The highest BCUT2D eigenvalue weighted by Gasteiger charge is 2.27. The van der Waals surface area contributed by atoms with Crippen molar-refractivity contribution >= 4 is 34.1 Å². The molecule has 0 aromatic carbocycles. The molecule has 4 aromatic rings. The molecule has 37 heavy (non-hydrogen) atoms.